The summed E-state index contributed by atoms with van der Waals surface area (Å²) in [6.07, 6.45) is 0.0935. The van der Waals surface area contributed by atoms with Gasteiger partial charge in [0.25, 0.3) is 0 Å². The molecule has 0 fully saturated rings. The Labute approximate surface area is 123 Å². The van der Waals surface area contributed by atoms with Crippen LogP contribution in [0, 0.1) is 9.39 Å². The first-order chi connectivity index (χ1) is 8.72. The molecule has 0 aliphatic rings. The first kappa shape index (κ1) is 14.0. The second kappa shape index (κ2) is 4.62. The van der Waals surface area contributed by atoms with E-state index in [2.05, 4.69) is 4.98 Å². The van der Waals surface area contributed by atoms with Crippen LogP contribution in [-0.2, 0) is 10.3 Å². The minimum Gasteiger partial charge on any atom is -0.370 e. The van der Waals surface area contributed by atoms with E-state index in [1.807, 2.05) is 36.4 Å². The maximum atomic E-state index is 13.7. The number of rotatable bonds is 3. The van der Waals surface area contributed by atoms with Crippen LogP contribution in [0.1, 0.15) is 20.3 Å². The number of carbonyl (C=O) groups excluding carboxylic acids is 1. The Balaban J connectivity index is 2.69. The van der Waals surface area contributed by atoms with Crippen LogP contribution in [0.25, 0.3) is 11.0 Å². The van der Waals surface area contributed by atoms with Crippen molar-refractivity contribution in [2.45, 2.75) is 25.8 Å². The molecule has 7 heteroatoms. The lowest BCUT2D eigenvalue weighted by molar-refractivity contribution is -0.119. The number of carbonyl (C=O) groups is 1. The molecule has 5 nitrogen and oxygen atoms in total. The molecule has 0 saturated heterocycles. The number of hydrogen-bond acceptors (Lipinski definition) is 3. The highest BCUT2D eigenvalue weighted by Gasteiger charge is 2.27. The van der Waals surface area contributed by atoms with Gasteiger partial charge < -0.3 is 16.0 Å². The van der Waals surface area contributed by atoms with Crippen LogP contribution < -0.4 is 11.5 Å². The van der Waals surface area contributed by atoms with Crippen molar-refractivity contribution < 1.29 is 9.18 Å². The van der Waals surface area contributed by atoms with Crippen molar-refractivity contribution in [1.29, 1.82) is 0 Å². The number of benzene rings is 1. The summed E-state index contributed by atoms with van der Waals surface area (Å²) >= 11 is 1.90. The number of nitrogen functional groups attached to an aromatic ring is 1. The van der Waals surface area contributed by atoms with Gasteiger partial charge >= 0.3 is 0 Å². The molecule has 0 radical (unpaired) electrons. The third-order valence-electron chi connectivity index (χ3n) is 2.93. The number of fused-ring (bicyclic) bond motifs is 1. The van der Waals surface area contributed by atoms with Gasteiger partial charge in [0.15, 0.2) is 0 Å². The number of nitrogens with two attached hydrogens (primary N) is 2. The zero-order valence-electron chi connectivity index (χ0n) is 10.6. The van der Waals surface area contributed by atoms with E-state index in [-0.39, 0.29) is 18.2 Å². The van der Waals surface area contributed by atoms with Gasteiger partial charge in [0.05, 0.1) is 20.1 Å². The number of aromatic nitrogens is 2. The Morgan fingerprint density at radius 2 is 2.16 bits per heavy atom. The highest BCUT2D eigenvalue weighted by molar-refractivity contribution is 14.1. The van der Waals surface area contributed by atoms with Crippen LogP contribution >= 0.6 is 22.6 Å². The molecular formula is C12H14FIN4O. The summed E-state index contributed by atoms with van der Waals surface area (Å²) in [5.74, 6) is -0.552. The second-order valence-electron chi connectivity index (χ2n) is 5.02. The van der Waals surface area contributed by atoms with Gasteiger partial charge in [0.1, 0.15) is 5.82 Å². The standard InChI is InChI=1S/C12H14FIN4O/c1-12(2,5-10(15)19)18-9-3-6(13)7(14)4-8(9)17-11(18)16/h3-4H,5H2,1-2H3,(H2,15,19)(H2,16,17). The number of imidazole rings is 1. The maximum Gasteiger partial charge on any atom is 0.219 e. The van der Waals surface area contributed by atoms with E-state index in [0.717, 1.165) is 0 Å². The molecule has 0 aliphatic heterocycles. The normalized spacial score (nSPS) is 12.0. The molecule has 0 unspecified atom stereocenters. The molecule has 0 atom stereocenters. The molecule has 0 spiro atoms. The lowest BCUT2D eigenvalue weighted by atomic mass is 9.99. The molecule has 1 amide bonds. The Morgan fingerprint density at radius 3 is 2.74 bits per heavy atom. The maximum absolute atomic E-state index is 13.7. The smallest absolute Gasteiger partial charge is 0.219 e. The van der Waals surface area contributed by atoms with Gasteiger partial charge in [-0.25, -0.2) is 9.37 Å². The average Bonchev–Trinajstić information content (AvgIpc) is 2.53. The summed E-state index contributed by atoms with van der Waals surface area (Å²) in [5, 5.41) is 0. The van der Waals surface area contributed by atoms with Crippen LogP contribution in [0.4, 0.5) is 10.3 Å². The van der Waals surface area contributed by atoms with Crippen molar-refractivity contribution in [3.63, 3.8) is 0 Å². The highest BCUT2D eigenvalue weighted by Crippen LogP contribution is 2.30. The van der Waals surface area contributed by atoms with E-state index >= 15 is 0 Å². The number of nitrogens with zero attached hydrogens (tertiary/aromatic N) is 2. The summed E-state index contributed by atoms with van der Waals surface area (Å²) in [6, 6.07) is 3.00. The zero-order valence-corrected chi connectivity index (χ0v) is 12.7. The minimum absolute atomic E-state index is 0.0935. The van der Waals surface area contributed by atoms with Gasteiger partial charge in [-0.2, -0.15) is 0 Å². The van der Waals surface area contributed by atoms with Gasteiger partial charge in [-0.05, 0) is 42.5 Å². The minimum atomic E-state index is -0.663. The van der Waals surface area contributed by atoms with Gasteiger partial charge in [0.2, 0.25) is 11.9 Å². The van der Waals surface area contributed by atoms with Crippen molar-refractivity contribution >= 4 is 45.5 Å². The largest absolute Gasteiger partial charge is 0.370 e. The predicted molar refractivity (Wildman–Crippen MR) is 80.0 cm³/mol. The monoisotopic (exact) mass is 376 g/mol. The Bertz CT molecular complexity index is 665. The van der Waals surface area contributed by atoms with Gasteiger partial charge in [0, 0.05) is 12.5 Å². The quantitative estimate of drug-likeness (QED) is 0.804. The Kier molecular flexibility index (Phi) is 3.41. The zero-order chi connectivity index (χ0) is 14.4. The fourth-order valence-corrected chi connectivity index (χ4v) is 2.68. The fourth-order valence-electron chi connectivity index (χ4n) is 2.23. The van der Waals surface area contributed by atoms with E-state index in [1.165, 1.54) is 6.07 Å². The van der Waals surface area contributed by atoms with E-state index < -0.39 is 11.4 Å². The molecule has 0 aliphatic carbocycles. The second-order valence-corrected chi connectivity index (χ2v) is 6.18. The molecule has 2 aromatic rings. The third kappa shape index (κ3) is 2.51. The lowest BCUT2D eigenvalue weighted by Gasteiger charge is -2.27. The van der Waals surface area contributed by atoms with Crippen LogP contribution in [0.2, 0.25) is 0 Å². The van der Waals surface area contributed by atoms with Crippen LogP contribution in [0.3, 0.4) is 0 Å². The summed E-state index contributed by atoms with van der Waals surface area (Å²) in [7, 11) is 0. The van der Waals surface area contributed by atoms with Gasteiger partial charge in [-0.15, -0.1) is 0 Å². The topological polar surface area (TPSA) is 86.9 Å². The molecule has 102 valence electrons. The van der Waals surface area contributed by atoms with Crippen molar-refractivity contribution in [2.75, 3.05) is 5.73 Å². The Hall–Kier alpha value is -1.38. The number of amides is 1. The Morgan fingerprint density at radius 1 is 1.53 bits per heavy atom. The van der Waals surface area contributed by atoms with Crippen LogP contribution in [0.5, 0.6) is 0 Å². The van der Waals surface area contributed by atoms with E-state index in [9.17, 15) is 9.18 Å². The molecule has 19 heavy (non-hydrogen) atoms. The summed E-state index contributed by atoms with van der Waals surface area (Å²) in [4.78, 5) is 15.4. The van der Waals surface area contributed by atoms with E-state index in [4.69, 9.17) is 11.5 Å². The van der Waals surface area contributed by atoms with Crippen LogP contribution in [0.15, 0.2) is 12.1 Å². The number of halogens is 2. The van der Waals surface area contributed by atoms with Crippen molar-refractivity contribution in [2.24, 2.45) is 5.73 Å². The first-order valence-electron chi connectivity index (χ1n) is 5.64. The first-order valence-corrected chi connectivity index (χ1v) is 6.72. The number of anilines is 1. The molecule has 2 rings (SSSR count). The van der Waals surface area contributed by atoms with Gasteiger partial charge in [-0.1, -0.05) is 0 Å². The molecule has 1 aromatic carbocycles. The number of primary amides is 1. The lowest BCUT2D eigenvalue weighted by Crippen LogP contribution is -2.33. The number of hydrogen-bond donors (Lipinski definition) is 2. The third-order valence-corrected chi connectivity index (χ3v) is 3.76. The van der Waals surface area contributed by atoms with E-state index in [1.54, 1.807) is 10.6 Å². The summed E-state index contributed by atoms with van der Waals surface area (Å²) < 4.78 is 15.8. The highest BCUT2D eigenvalue weighted by atomic mass is 127. The van der Waals surface area contributed by atoms with Crippen LogP contribution in [-0.4, -0.2) is 15.5 Å². The van der Waals surface area contributed by atoms with Crippen molar-refractivity contribution in [3.8, 4) is 0 Å². The molecule has 4 N–H and O–H groups in total. The molecule has 0 bridgehead atoms. The molecular weight excluding hydrogens is 362 g/mol. The van der Waals surface area contributed by atoms with Gasteiger partial charge in [-0.3, -0.25) is 4.79 Å². The summed E-state index contributed by atoms with van der Waals surface area (Å²) in [6.45, 7) is 3.62. The van der Waals surface area contributed by atoms with Crippen molar-refractivity contribution in [3.05, 3.63) is 21.5 Å². The summed E-state index contributed by atoms with van der Waals surface area (Å²) in [5.41, 5.74) is 11.6. The SMILES string of the molecule is CC(C)(CC(N)=O)n1c(N)nc2cc(I)c(F)cc21. The molecule has 1 heterocycles. The fraction of sp³-hybridized carbons (Fsp3) is 0.333. The molecule has 0 saturated carbocycles. The molecule has 1 aromatic heterocycles. The predicted octanol–water partition coefficient (Wildman–Crippen LogP) is 1.97. The van der Waals surface area contributed by atoms with E-state index in [0.29, 0.717) is 14.6 Å². The average molecular weight is 376 g/mol. The van der Waals surface area contributed by atoms with Crippen molar-refractivity contribution in [1.82, 2.24) is 9.55 Å².